The summed E-state index contributed by atoms with van der Waals surface area (Å²) in [7, 11) is 0. The third-order valence-corrected chi connectivity index (χ3v) is 6.16. The van der Waals surface area contributed by atoms with Crippen LogP contribution in [0.3, 0.4) is 0 Å². The molecule has 0 heterocycles. The Labute approximate surface area is 156 Å². The van der Waals surface area contributed by atoms with E-state index in [-0.39, 0.29) is 22.5 Å². The SMILES string of the molecule is CCCCC(O)(O)CC(Sc1ccc(O)cc1)Sc1ccc(O)cc1. The molecular weight excluding hydrogens is 356 g/mol. The quantitative estimate of drug-likeness (QED) is 0.377. The highest BCUT2D eigenvalue weighted by atomic mass is 32.2. The van der Waals surface area contributed by atoms with Gasteiger partial charge in [0.25, 0.3) is 0 Å². The van der Waals surface area contributed by atoms with Gasteiger partial charge in [-0.3, -0.25) is 0 Å². The van der Waals surface area contributed by atoms with E-state index >= 15 is 0 Å². The number of hydrogen-bond acceptors (Lipinski definition) is 6. The molecule has 0 unspecified atom stereocenters. The molecule has 0 amide bonds. The van der Waals surface area contributed by atoms with Crippen molar-refractivity contribution in [1.29, 1.82) is 0 Å². The molecule has 4 nitrogen and oxygen atoms in total. The lowest BCUT2D eigenvalue weighted by atomic mass is 10.1. The van der Waals surface area contributed by atoms with Crippen molar-refractivity contribution in [1.82, 2.24) is 0 Å². The fourth-order valence-corrected chi connectivity index (χ4v) is 5.04. The molecule has 136 valence electrons. The number of aliphatic hydroxyl groups is 2. The first-order chi connectivity index (χ1) is 11.9. The Bertz CT molecular complexity index is 594. The second-order valence-corrected chi connectivity index (χ2v) is 8.79. The van der Waals surface area contributed by atoms with Gasteiger partial charge < -0.3 is 20.4 Å². The van der Waals surface area contributed by atoms with E-state index in [1.807, 2.05) is 31.2 Å². The van der Waals surface area contributed by atoms with Crippen LogP contribution >= 0.6 is 23.5 Å². The molecule has 0 saturated carbocycles. The van der Waals surface area contributed by atoms with Crippen LogP contribution in [0.1, 0.15) is 32.6 Å². The molecule has 6 heteroatoms. The smallest absolute Gasteiger partial charge is 0.164 e. The molecule has 0 fully saturated rings. The molecule has 0 aromatic heterocycles. The number of aromatic hydroxyl groups is 2. The molecule has 2 rings (SSSR count). The molecule has 0 aliphatic carbocycles. The van der Waals surface area contributed by atoms with Crippen LogP contribution in [0.2, 0.25) is 0 Å². The first-order valence-corrected chi connectivity index (χ1v) is 10.00. The summed E-state index contributed by atoms with van der Waals surface area (Å²) in [6.07, 6.45) is 2.22. The van der Waals surface area contributed by atoms with Gasteiger partial charge in [0.1, 0.15) is 11.5 Å². The van der Waals surface area contributed by atoms with Gasteiger partial charge in [-0.1, -0.05) is 13.3 Å². The van der Waals surface area contributed by atoms with Gasteiger partial charge in [0.15, 0.2) is 5.79 Å². The molecule has 25 heavy (non-hydrogen) atoms. The summed E-state index contributed by atoms with van der Waals surface area (Å²) in [6, 6.07) is 13.7. The molecule has 0 spiro atoms. The predicted molar refractivity (Wildman–Crippen MR) is 103 cm³/mol. The molecule has 0 atom stereocenters. The number of hydrogen-bond donors (Lipinski definition) is 4. The Morgan fingerprint density at radius 1 is 0.840 bits per heavy atom. The van der Waals surface area contributed by atoms with Crippen LogP contribution < -0.4 is 0 Å². The number of phenols is 2. The zero-order valence-corrected chi connectivity index (χ0v) is 15.8. The monoisotopic (exact) mass is 380 g/mol. The first kappa shape index (κ1) is 20.0. The molecule has 0 radical (unpaired) electrons. The lowest BCUT2D eigenvalue weighted by Crippen LogP contribution is -2.31. The van der Waals surface area contributed by atoms with Crippen LogP contribution in [0, 0.1) is 0 Å². The lowest BCUT2D eigenvalue weighted by Gasteiger charge is -2.27. The van der Waals surface area contributed by atoms with E-state index in [0.29, 0.717) is 6.42 Å². The van der Waals surface area contributed by atoms with Crippen molar-refractivity contribution in [3.63, 3.8) is 0 Å². The number of unbranched alkanes of at least 4 members (excludes halogenated alkanes) is 1. The van der Waals surface area contributed by atoms with Crippen molar-refractivity contribution in [3.05, 3.63) is 48.5 Å². The van der Waals surface area contributed by atoms with Crippen LogP contribution in [0.5, 0.6) is 11.5 Å². The third-order valence-electron chi connectivity index (χ3n) is 3.63. The zero-order valence-electron chi connectivity index (χ0n) is 14.1. The Morgan fingerprint density at radius 2 is 1.28 bits per heavy atom. The Morgan fingerprint density at radius 3 is 1.68 bits per heavy atom. The minimum atomic E-state index is -1.71. The average Bonchev–Trinajstić information content (AvgIpc) is 2.57. The lowest BCUT2D eigenvalue weighted by molar-refractivity contribution is -0.168. The third kappa shape index (κ3) is 7.20. The van der Waals surface area contributed by atoms with Gasteiger partial charge in [0, 0.05) is 22.6 Å². The van der Waals surface area contributed by atoms with Crippen LogP contribution in [-0.2, 0) is 0 Å². The first-order valence-electron chi connectivity index (χ1n) is 8.24. The summed E-state index contributed by atoms with van der Waals surface area (Å²) in [6.45, 7) is 2.02. The Balaban J connectivity index is 2.11. The molecule has 4 N–H and O–H groups in total. The van der Waals surface area contributed by atoms with Gasteiger partial charge in [0.2, 0.25) is 0 Å². The minimum Gasteiger partial charge on any atom is -0.508 e. The standard InChI is InChI=1S/C19H24O4S2/c1-2-3-12-19(22,23)13-18(24-16-8-4-14(20)5-9-16)25-17-10-6-15(21)7-11-17/h4-11,18,20-23H,2-3,12-13H2,1H3. The summed E-state index contributed by atoms with van der Waals surface area (Å²) < 4.78 is -0.124. The van der Waals surface area contributed by atoms with Crippen molar-refractivity contribution >= 4 is 23.5 Å². The highest BCUT2D eigenvalue weighted by Crippen LogP contribution is 2.41. The second-order valence-electron chi connectivity index (χ2n) is 5.94. The predicted octanol–water partition coefficient (Wildman–Crippen LogP) is 4.57. The van der Waals surface area contributed by atoms with Gasteiger partial charge in [0.05, 0.1) is 4.58 Å². The second kappa shape index (κ2) is 9.38. The van der Waals surface area contributed by atoms with Crippen LogP contribution in [0.15, 0.2) is 58.3 Å². The largest absolute Gasteiger partial charge is 0.508 e. The summed E-state index contributed by atoms with van der Waals surface area (Å²) in [4.78, 5) is 1.89. The Kier molecular flexibility index (Phi) is 7.50. The summed E-state index contributed by atoms with van der Waals surface area (Å²) in [5.41, 5.74) is 0. The van der Waals surface area contributed by atoms with E-state index in [4.69, 9.17) is 0 Å². The van der Waals surface area contributed by atoms with Crippen molar-refractivity contribution in [3.8, 4) is 11.5 Å². The molecule has 0 bridgehead atoms. The summed E-state index contributed by atoms with van der Waals surface area (Å²) >= 11 is 3.05. The number of thioether (sulfide) groups is 2. The minimum absolute atomic E-state index is 0.124. The maximum absolute atomic E-state index is 10.3. The number of rotatable bonds is 9. The van der Waals surface area contributed by atoms with E-state index < -0.39 is 5.79 Å². The van der Waals surface area contributed by atoms with E-state index in [1.54, 1.807) is 24.3 Å². The van der Waals surface area contributed by atoms with Crippen molar-refractivity contribution in [2.24, 2.45) is 0 Å². The molecular formula is C19H24O4S2. The number of phenolic OH excluding ortho intramolecular Hbond substituents is 2. The van der Waals surface area contributed by atoms with E-state index in [9.17, 15) is 20.4 Å². The van der Waals surface area contributed by atoms with Crippen molar-refractivity contribution in [2.45, 2.75) is 52.8 Å². The summed E-state index contributed by atoms with van der Waals surface area (Å²) in [5.74, 6) is -1.31. The molecule has 0 aliphatic rings. The summed E-state index contributed by atoms with van der Waals surface area (Å²) in [5, 5.41) is 39.5. The van der Waals surface area contributed by atoms with Crippen LogP contribution in [0.4, 0.5) is 0 Å². The molecule has 0 saturated heterocycles. The number of benzene rings is 2. The van der Waals surface area contributed by atoms with Gasteiger partial charge in [-0.25, -0.2) is 0 Å². The van der Waals surface area contributed by atoms with E-state index in [1.165, 1.54) is 23.5 Å². The fourth-order valence-electron chi connectivity index (χ4n) is 2.29. The topological polar surface area (TPSA) is 80.9 Å². The highest BCUT2D eigenvalue weighted by Gasteiger charge is 2.28. The van der Waals surface area contributed by atoms with Crippen LogP contribution in [0.25, 0.3) is 0 Å². The van der Waals surface area contributed by atoms with Gasteiger partial charge >= 0.3 is 0 Å². The average molecular weight is 381 g/mol. The van der Waals surface area contributed by atoms with Gasteiger partial charge in [-0.15, -0.1) is 23.5 Å². The van der Waals surface area contributed by atoms with Gasteiger partial charge in [-0.2, -0.15) is 0 Å². The van der Waals surface area contributed by atoms with E-state index in [0.717, 1.165) is 22.6 Å². The maximum atomic E-state index is 10.3. The fraction of sp³-hybridized carbons (Fsp3) is 0.368. The van der Waals surface area contributed by atoms with Crippen LogP contribution in [-0.4, -0.2) is 30.8 Å². The maximum Gasteiger partial charge on any atom is 0.164 e. The van der Waals surface area contributed by atoms with Crippen molar-refractivity contribution in [2.75, 3.05) is 0 Å². The molecule has 0 aliphatic heterocycles. The zero-order chi connectivity index (χ0) is 18.3. The van der Waals surface area contributed by atoms with Gasteiger partial charge in [-0.05, 0) is 55.0 Å². The molecule has 2 aromatic carbocycles. The highest BCUT2D eigenvalue weighted by molar-refractivity contribution is 8.17. The Hall–Kier alpha value is -1.34. The van der Waals surface area contributed by atoms with E-state index in [2.05, 4.69) is 0 Å². The normalized spacial score (nSPS) is 11.8. The van der Waals surface area contributed by atoms with Crippen molar-refractivity contribution < 1.29 is 20.4 Å². The molecule has 2 aromatic rings.